The third-order valence-electron chi connectivity index (χ3n) is 4.89. The second kappa shape index (κ2) is 9.93. The van der Waals surface area contributed by atoms with E-state index >= 15 is 0 Å². The molecule has 7 nitrogen and oxygen atoms in total. The second-order valence-corrected chi connectivity index (χ2v) is 6.86. The Balaban J connectivity index is 1.80. The Morgan fingerprint density at radius 1 is 1.00 bits per heavy atom. The molecule has 2 amide bonds. The Kier molecular flexibility index (Phi) is 7.08. The SMILES string of the molecule is COCCNC(=O)c1cc(NC(=O)c2ccc(OC)cc2)ccc1N1CCCC1. The van der Waals surface area contributed by atoms with Gasteiger partial charge in [-0.3, -0.25) is 9.59 Å². The monoisotopic (exact) mass is 397 g/mol. The van der Waals surface area contributed by atoms with Gasteiger partial charge in [-0.1, -0.05) is 0 Å². The number of rotatable bonds is 8. The van der Waals surface area contributed by atoms with Crippen LogP contribution in [-0.4, -0.2) is 52.3 Å². The van der Waals surface area contributed by atoms with Crippen molar-refractivity contribution in [3.63, 3.8) is 0 Å². The average molecular weight is 397 g/mol. The summed E-state index contributed by atoms with van der Waals surface area (Å²) in [7, 11) is 3.17. The van der Waals surface area contributed by atoms with E-state index in [9.17, 15) is 9.59 Å². The van der Waals surface area contributed by atoms with Gasteiger partial charge >= 0.3 is 0 Å². The second-order valence-electron chi connectivity index (χ2n) is 6.86. The first-order valence-electron chi connectivity index (χ1n) is 9.74. The van der Waals surface area contributed by atoms with Crippen molar-refractivity contribution < 1.29 is 19.1 Å². The summed E-state index contributed by atoms with van der Waals surface area (Å²) < 4.78 is 10.1. The van der Waals surface area contributed by atoms with E-state index < -0.39 is 0 Å². The molecule has 1 heterocycles. The van der Waals surface area contributed by atoms with Gasteiger partial charge in [0.2, 0.25) is 0 Å². The van der Waals surface area contributed by atoms with Gasteiger partial charge in [-0.2, -0.15) is 0 Å². The average Bonchev–Trinajstić information content (AvgIpc) is 3.28. The van der Waals surface area contributed by atoms with Crippen LogP contribution in [0.2, 0.25) is 0 Å². The molecule has 2 aromatic carbocycles. The Morgan fingerprint density at radius 3 is 2.38 bits per heavy atom. The van der Waals surface area contributed by atoms with Gasteiger partial charge in [0.15, 0.2) is 0 Å². The summed E-state index contributed by atoms with van der Waals surface area (Å²) in [6, 6.07) is 12.3. The maximum atomic E-state index is 12.8. The molecule has 0 atom stereocenters. The first kappa shape index (κ1) is 20.7. The van der Waals surface area contributed by atoms with Gasteiger partial charge < -0.3 is 25.0 Å². The molecule has 2 aromatic rings. The van der Waals surface area contributed by atoms with Gasteiger partial charge in [0, 0.05) is 43.7 Å². The number of amides is 2. The lowest BCUT2D eigenvalue weighted by molar-refractivity contribution is 0.0936. The minimum Gasteiger partial charge on any atom is -0.497 e. The Morgan fingerprint density at radius 2 is 1.72 bits per heavy atom. The standard InChI is InChI=1S/C22H27N3O4/c1-28-14-11-23-22(27)19-15-17(7-10-20(19)25-12-3-4-13-25)24-21(26)16-5-8-18(29-2)9-6-16/h5-10,15H,3-4,11-14H2,1-2H3,(H,23,27)(H,24,26). The maximum absolute atomic E-state index is 12.8. The lowest BCUT2D eigenvalue weighted by atomic mass is 10.1. The van der Waals surface area contributed by atoms with Crippen molar-refractivity contribution in [1.82, 2.24) is 5.32 Å². The molecule has 3 rings (SSSR count). The van der Waals surface area contributed by atoms with E-state index in [0.29, 0.717) is 35.7 Å². The highest BCUT2D eigenvalue weighted by Gasteiger charge is 2.20. The minimum absolute atomic E-state index is 0.176. The van der Waals surface area contributed by atoms with E-state index in [4.69, 9.17) is 9.47 Å². The number of carbonyl (C=O) groups is 2. The molecule has 1 fully saturated rings. The summed E-state index contributed by atoms with van der Waals surface area (Å²) in [5.74, 6) is 0.267. The Hall–Kier alpha value is -3.06. The zero-order chi connectivity index (χ0) is 20.6. The Bertz CT molecular complexity index is 846. The zero-order valence-corrected chi connectivity index (χ0v) is 16.9. The molecule has 154 valence electrons. The van der Waals surface area contributed by atoms with Crippen molar-refractivity contribution >= 4 is 23.2 Å². The van der Waals surface area contributed by atoms with Crippen LogP contribution in [0.5, 0.6) is 5.75 Å². The zero-order valence-electron chi connectivity index (χ0n) is 16.9. The predicted octanol–water partition coefficient (Wildman–Crippen LogP) is 2.92. The van der Waals surface area contributed by atoms with Crippen LogP contribution in [0.25, 0.3) is 0 Å². The van der Waals surface area contributed by atoms with E-state index in [1.165, 1.54) is 0 Å². The van der Waals surface area contributed by atoms with E-state index in [1.54, 1.807) is 44.6 Å². The van der Waals surface area contributed by atoms with E-state index in [0.717, 1.165) is 31.6 Å². The van der Waals surface area contributed by atoms with E-state index in [-0.39, 0.29) is 11.8 Å². The largest absolute Gasteiger partial charge is 0.497 e. The predicted molar refractivity (Wildman–Crippen MR) is 113 cm³/mol. The molecule has 0 unspecified atom stereocenters. The number of hydrogen-bond donors (Lipinski definition) is 2. The highest BCUT2D eigenvalue weighted by Crippen LogP contribution is 2.28. The molecular weight excluding hydrogens is 370 g/mol. The number of methoxy groups -OCH3 is 2. The van der Waals surface area contributed by atoms with E-state index in [2.05, 4.69) is 15.5 Å². The maximum Gasteiger partial charge on any atom is 0.255 e. The molecule has 0 radical (unpaired) electrons. The molecule has 2 N–H and O–H groups in total. The number of nitrogens with one attached hydrogen (secondary N) is 2. The van der Waals surface area contributed by atoms with Gasteiger partial charge in [-0.15, -0.1) is 0 Å². The van der Waals surface area contributed by atoms with Crippen LogP contribution >= 0.6 is 0 Å². The molecule has 0 aliphatic carbocycles. The highest BCUT2D eigenvalue weighted by molar-refractivity contribution is 6.06. The lowest BCUT2D eigenvalue weighted by Gasteiger charge is -2.22. The normalized spacial score (nSPS) is 13.2. The number of anilines is 2. The van der Waals surface area contributed by atoms with Gasteiger partial charge in [-0.05, 0) is 55.3 Å². The molecular formula is C22H27N3O4. The van der Waals surface area contributed by atoms with Gasteiger partial charge in [0.05, 0.1) is 19.3 Å². The van der Waals surface area contributed by atoms with Crippen LogP contribution in [0.4, 0.5) is 11.4 Å². The molecule has 7 heteroatoms. The molecule has 1 aliphatic rings. The van der Waals surface area contributed by atoms with Crippen molar-refractivity contribution in [3.05, 3.63) is 53.6 Å². The number of nitrogens with zero attached hydrogens (tertiary/aromatic N) is 1. The fourth-order valence-corrected chi connectivity index (χ4v) is 3.34. The number of carbonyl (C=O) groups excluding carboxylic acids is 2. The van der Waals surface area contributed by atoms with Crippen LogP contribution in [0.15, 0.2) is 42.5 Å². The minimum atomic E-state index is -0.243. The van der Waals surface area contributed by atoms with Crippen molar-refractivity contribution in [2.24, 2.45) is 0 Å². The molecule has 0 bridgehead atoms. The van der Waals surface area contributed by atoms with E-state index in [1.807, 2.05) is 12.1 Å². The first-order valence-corrected chi connectivity index (χ1v) is 9.74. The third kappa shape index (κ3) is 5.26. The van der Waals surface area contributed by atoms with Crippen molar-refractivity contribution in [2.75, 3.05) is 50.7 Å². The van der Waals surface area contributed by atoms with Gasteiger partial charge in [0.25, 0.3) is 11.8 Å². The number of ether oxygens (including phenoxy) is 2. The van der Waals surface area contributed by atoms with Crippen molar-refractivity contribution in [1.29, 1.82) is 0 Å². The molecule has 29 heavy (non-hydrogen) atoms. The lowest BCUT2D eigenvalue weighted by Crippen LogP contribution is -2.30. The van der Waals surface area contributed by atoms with Crippen molar-refractivity contribution in [2.45, 2.75) is 12.8 Å². The number of hydrogen-bond acceptors (Lipinski definition) is 5. The van der Waals surface area contributed by atoms with Crippen molar-refractivity contribution in [3.8, 4) is 5.75 Å². The Labute approximate surface area is 171 Å². The summed E-state index contributed by atoms with van der Waals surface area (Å²) >= 11 is 0. The van der Waals surface area contributed by atoms with Crippen LogP contribution in [-0.2, 0) is 4.74 Å². The first-order chi connectivity index (χ1) is 14.1. The fourth-order valence-electron chi connectivity index (χ4n) is 3.34. The third-order valence-corrected chi connectivity index (χ3v) is 4.89. The van der Waals surface area contributed by atoms with Crippen LogP contribution in [0.1, 0.15) is 33.6 Å². The van der Waals surface area contributed by atoms with Crippen LogP contribution in [0, 0.1) is 0 Å². The molecule has 1 aliphatic heterocycles. The summed E-state index contributed by atoms with van der Waals surface area (Å²) in [6.45, 7) is 2.72. The summed E-state index contributed by atoms with van der Waals surface area (Å²) in [5.41, 5.74) is 2.53. The smallest absolute Gasteiger partial charge is 0.255 e. The molecule has 1 saturated heterocycles. The van der Waals surface area contributed by atoms with Gasteiger partial charge in [-0.25, -0.2) is 0 Å². The van der Waals surface area contributed by atoms with Gasteiger partial charge in [0.1, 0.15) is 5.75 Å². The fraction of sp³-hybridized carbons (Fsp3) is 0.364. The number of benzene rings is 2. The molecule has 0 saturated carbocycles. The summed E-state index contributed by atoms with van der Waals surface area (Å²) in [5, 5.41) is 5.74. The topological polar surface area (TPSA) is 79.9 Å². The quantitative estimate of drug-likeness (QED) is 0.670. The van der Waals surface area contributed by atoms with Crippen LogP contribution < -0.4 is 20.3 Å². The summed E-state index contributed by atoms with van der Waals surface area (Å²) in [6.07, 6.45) is 2.22. The molecule has 0 aromatic heterocycles. The highest BCUT2D eigenvalue weighted by atomic mass is 16.5. The summed E-state index contributed by atoms with van der Waals surface area (Å²) in [4.78, 5) is 27.5. The molecule has 0 spiro atoms. The van der Waals surface area contributed by atoms with Crippen LogP contribution in [0.3, 0.4) is 0 Å².